The lowest BCUT2D eigenvalue weighted by molar-refractivity contribution is -0.116. The molecule has 226 valence electrons. The average molecular weight is 588 g/mol. The largest absolute Gasteiger partial charge is 0.493 e. The standard InChI is InChI=1S/C39H41NO4/c1-7-40-33-13-9-8-12-29(33)30-23-28(14-18-34(30)40)24-31(36(42)20-17-32-26(2)11-10-22-39(32,3)4)35(41)19-15-27-16-21-37(43-5)38(25-27)44-6/h8-9,12-21,23-25H,7,10-11,22H2,1-6H3/b19-15+,20-17+,31-24-. The second kappa shape index (κ2) is 12.9. The lowest BCUT2D eigenvalue weighted by atomic mass is 9.72. The van der Waals surface area contributed by atoms with Gasteiger partial charge in [0.15, 0.2) is 23.1 Å². The first-order chi connectivity index (χ1) is 21.2. The first-order valence-corrected chi connectivity index (χ1v) is 15.3. The maximum absolute atomic E-state index is 13.8. The van der Waals surface area contributed by atoms with E-state index in [1.807, 2.05) is 30.3 Å². The molecule has 0 saturated heterocycles. The highest BCUT2D eigenvalue weighted by Gasteiger charge is 2.27. The molecule has 0 atom stereocenters. The van der Waals surface area contributed by atoms with Gasteiger partial charge in [-0.1, -0.05) is 61.9 Å². The molecule has 0 bridgehead atoms. The SMILES string of the molecule is CCn1c2ccccc2c2cc(/C=C(\C(=O)/C=C/C3=C(C)CCCC3(C)C)C(=O)/C=C/c3ccc(OC)c(OC)c3)ccc21. The molecule has 5 rings (SSSR count). The summed E-state index contributed by atoms with van der Waals surface area (Å²) in [5.41, 5.74) is 6.43. The van der Waals surface area contributed by atoms with Crippen molar-refractivity contribution in [3.05, 3.63) is 107 Å². The zero-order valence-electron chi connectivity index (χ0n) is 26.6. The second-order valence-corrected chi connectivity index (χ2v) is 12.0. The van der Waals surface area contributed by atoms with E-state index in [0.717, 1.165) is 58.7 Å². The van der Waals surface area contributed by atoms with Crippen LogP contribution >= 0.6 is 0 Å². The number of carbonyl (C=O) groups is 2. The molecule has 1 aliphatic rings. The monoisotopic (exact) mass is 587 g/mol. The Bertz CT molecular complexity index is 1860. The van der Waals surface area contributed by atoms with Crippen molar-refractivity contribution in [2.45, 2.75) is 53.5 Å². The van der Waals surface area contributed by atoms with Gasteiger partial charge in [0.1, 0.15) is 0 Å². The molecule has 0 N–H and O–H groups in total. The highest BCUT2D eigenvalue weighted by Crippen LogP contribution is 2.41. The Labute approximate surface area is 260 Å². The van der Waals surface area contributed by atoms with Gasteiger partial charge >= 0.3 is 0 Å². The minimum atomic E-state index is -0.362. The van der Waals surface area contributed by atoms with Crippen molar-refractivity contribution in [3.8, 4) is 11.5 Å². The summed E-state index contributed by atoms with van der Waals surface area (Å²) in [4.78, 5) is 27.5. The lowest BCUT2D eigenvalue weighted by Gasteiger charge is -2.32. The van der Waals surface area contributed by atoms with Gasteiger partial charge in [-0.3, -0.25) is 9.59 Å². The number of hydrogen-bond donors (Lipinski definition) is 0. The van der Waals surface area contributed by atoms with Gasteiger partial charge in [0.05, 0.1) is 19.8 Å². The summed E-state index contributed by atoms with van der Waals surface area (Å²) < 4.78 is 13.0. The number of carbonyl (C=O) groups excluding carboxylic acids is 2. The second-order valence-electron chi connectivity index (χ2n) is 12.0. The van der Waals surface area contributed by atoms with Crippen molar-refractivity contribution < 1.29 is 19.1 Å². The molecule has 0 radical (unpaired) electrons. The quantitative estimate of drug-likeness (QED) is 0.105. The van der Waals surface area contributed by atoms with Gasteiger partial charge in [-0.15, -0.1) is 0 Å². The summed E-state index contributed by atoms with van der Waals surface area (Å²) in [5.74, 6) is 0.492. The molecule has 0 fully saturated rings. The fourth-order valence-corrected chi connectivity index (χ4v) is 6.41. The van der Waals surface area contributed by atoms with Gasteiger partial charge in [-0.2, -0.15) is 0 Å². The first-order valence-electron chi connectivity index (χ1n) is 15.3. The number of methoxy groups -OCH3 is 2. The van der Waals surface area contributed by atoms with Crippen LogP contribution < -0.4 is 9.47 Å². The van der Waals surface area contributed by atoms with Gasteiger partial charge in [-0.25, -0.2) is 0 Å². The molecule has 0 unspecified atom stereocenters. The Morgan fingerprint density at radius 3 is 2.23 bits per heavy atom. The summed E-state index contributed by atoms with van der Waals surface area (Å²) in [6.45, 7) is 9.56. The maximum Gasteiger partial charge on any atom is 0.189 e. The molecule has 5 heteroatoms. The predicted molar refractivity (Wildman–Crippen MR) is 181 cm³/mol. The van der Waals surface area contributed by atoms with Crippen LogP contribution in [0.3, 0.4) is 0 Å². The highest BCUT2D eigenvalue weighted by molar-refractivity contribution is 6.30. The van der Waals surface area contributed by atoms with Crippen LogP contribution in [0.2, 0.25) is 0 Å². The van der Waals surface area contributed by atoms with E-state index in [1.54, 1.807) is 44.6 Å². The fraction of sp³-hybridized carbons (Fsp3) is 0.282. The number of nitrogens with zero attached hydrogens (tertiary/aromatic N) is 1. The third kappa shape index (κ3) is 6.19. The minimum absolute atomic E-state index is 0.0150. The van der Waals surface area contributed by atoms with E-state index >= 15 is 0 Å². The molecule has 0 saturated carbocycles. The van der Waals surface area contributed by atoms with E-state index in [2.05, 4.69) is 56.5 Å². The van der Waals surface area contributed by atoms with Crippen molar-refractivity contribution >= 4 is 45.5 Å². The zero-order valence-corrected chi connectivity index (χ0v) is 26.6. The fourth-order valence-electron chi connectivity index (χ4n) is 6.41. The van der Waals surface area contributed by atoms with E-state index in [4.69, 9.17) is 9.47 Å². The minimum Gasteiger partial charge on any atom is -0.493 e. The van der Waals surface area contributed by atoms with Gasteiger partial charge < -0.3 is 14.0 Å². The van der Waals surface area contributed by atoms with Gasteiger partial charge in [0, 0.05) is 28.4 Å². The van der Waals surface area contributed by atoms with Gasteiger partial charge in [-0.05, 0) is 104 Å². The van der Waals surface area contributed by atoms with E-state index < -0.39 is 0 Å². The smallest absolute Gasteiger partial charge is 0.189 e. The summed E-state index contributed by atoms with van der Waals surface area (Å²) in [6, 6.07) is 19.9. The average Bonchev–Trinajstić information content (AvgIpc) is 3.34. The van der Waals surface area contributed by atoms with E-state index in [0.29, 0.717) is 11.5 Å². The molecule has 1 aromatic heterocycles. The highest BCUT2D eigenvalue weighted by atomic mass is 16.5. The first kappa shape index (κ1) is 30.8. The number of fused-ring (bicyclic) bond motifs is 3. The molecular formula is C39H41NO4. The van der Waals surface area contributed by atoms with E-state index in [1.165, 1.54) is 17.2 Å². The van der Waals surface area contributed by atoms with Crippen LogP contribution in [0.15, 0.2) is 95.6 Å². The van der Waals surface area contributed by atoms with Crippen molar-refractivity contribution in [2.75, 3.05) is 14.2 Å². The number of aromatic nitrogens is 1. The summed E-state index contributed by atoms with van der Waals surface area (Å²) in [7, 11) is 3.15. The molecule has 5 nitrogen and oxygen atoms in total. The molecule has 44 heavy (non-hydrogen) atoms. The number of rotatable bonds is 10. The Balaban J connectivity index is 1.56. The molecule has 4 aromatic rings. The van der Waals surface area contributed by atoms with Gasteiger partial charge in [0.2, 0.25) is 0 Å². The molecule has 0 aliphatic heterocycles. The van der Waals surface area contributed by atoms with Crippen LogP contribution in [0.4, 0.5) is 0 Å². The van der Waals surface area contributed by atoms with Crippen molar-refractivity contribution in [2.24, 2.45) is 5.41 Å². The Morgan fingerprint density at radius 2 is 1.52 bits per heavy atom. The normalized spacial score (nSPS) is 15.5. The molecule has 3 aromatic carbocycles. The van der Waals surface area contributed by atoms with Crippen LogP contribution in [-0.4, -0.2) is 30.4 Å². The van der Waals surface area contributed by atoms with Gasteiger partial charge in [0.25, 0.3) is 0 Å². The Hall–Kier alpha value is -4.64. The lowest BCUT2D eigenvalue weighted by Crippen LogP contribution is -2.19. The van der Waals surface area contributed by atoms with Crippen LogP contribution in [0.25, 0.3) is 34.0 Å². The number of aryl methyl sites for hydroxylation is 1. The molecule has 1 heterocycles. The molecule has 0 spiro atoms. The van der Waals surface area contributed by atoms with Crippen molar-refractivity contribution in [1.29, 1.82) is 0 Å². The Kier molecular flexibility index (Phi) is 9.05. The summed E-state index contributed by atoms with van der Waals surface area (Å²) in [5, 5.41) is 2.24. The number of para-hydroxylation sites is 1. The van der Waals surface area contributed by atoms with Crippen LogP contribution in [-0.2, 0) is 16.1 Å². The van der Waals surface area contributed by atoms with Crippen LogP contribution in [0.5, 0.6) is 11.5 Å². The van der Waals surface area contributed by atoms with E-state index in [9.17, 15) is 9.59 Å². The van der Waals surface area contributed by atoms with Crippen molar-refractivity contribution in [1.82, 2.24) is 4.57 Å². The summed E-state index contributed by atoms with van der Waals surface area (Å²) >= 11 is 0. The molecular weight excluding hydrogens is 546 g/mol. The van der Waals surface area contributed by atoms with E-state index in [-0.39, 0.29) is 22.6 Å². The number of hydrogen-bond acceptors (Lipinski definition) is 4. The predicted octanol–water partition coefficient (Wildman–Crippen LogP) is 9.15. The zero-order chi connectivity index (χ0) is 31.4. The number of benzene rings is 3. The topological polar surface area (TPSA) is 57.5 Å². The number of allylic oxidation sites excluding steroid dienone is 6. The molecule has 0 amide bonds. The third-order valence-electron chi connectivity index (χ3n) is 8.73. The molecule has 1 aliphatic carbocycles. The maximum atomic E-state index is 13.8. The van der Waals surface area contributed by atoms with Crippen LogP contribution in [0.1, 0.15) is 58.1 Å². The Morgan fingerprint density at radius 1 is 0.841 bits per heavy atom. The summed E-state index contributed by atoms with van der Waals surface area (Å²) in [6.07, 6.45) is 11.6. The van der Waals surface area contributed by atoms with Crippen LogP contribution in [0, 0.1) is 5.41 Å². The third-order valence-corrected chi connectivity index (χ3v) is 8.73. The number of ether oxygens (including phenoxy) is 2. The van der Waals surface area contributed by atoms with Crippen molar-refractivity contribution in [3.63, 3.8) is 0 Å². The number of ketones is 2.